The van der Waals surface area contributed by atoms with E-state index in [1.165, 1.54) is 14.2 Å². The molecule has 0 aliphatic carbocycles. The van der Waals surface area contributed by atoms with Crippen molar-refractivity contribution in [2.75, 3.05) is 30.6 Å². The van der Waals surface area contributed by atoms with Crippen molar-refractivity contribution < 1.29 is 19.1 Å². The van der Waals surface area contributed by atoms with Crippen LogP contribution in [0.1, 0.15) is 27.2 Å². The highest BCUT2D eigenvalue weighted by atomic mass is 32.2. The van der Waals surface area contributed by atoms with Gasteiger partial charge in [-0.05, 0) is 55.3 Å². The number of methoxy groups -OCH3 is 2. The molecule has 0 unspecified atom stereocenters. The molecule has 9 heteroatoms. The van der Waals surface area contributed by atoms with E-state index in [-0.39, 0.29) is 22.8 Å². The van der Waals surface area contributed by atoms with Gasteiger partial charge in [-0.3, -0.25) is 9.59 Å². The molecular formula is C31H28N4O4S. The average Bonchev–Trinajstić information content (AvgIpc) is 2.96. The van der Waals surface area contributed by atoms with Crippen LogP contribution in [0.25, 0.3) is 11.1 Å². The molecule has 1 aromatic heterocycles. The molecule has 4 rings (SSSR count). The number of ether oxygens (including phenoxy) is 2. The van der Waals surface area contributed by atoms with Crippen LogP contribution in [-0.2, 0) is 4.79 Å². The van der Waals surface area contributed by atoms with Crippen molar-refractivity contribution in [2.24, 2.45) is 0 Å². The monoisotopic (exact) mass is 552 g/mol. The van der Waals surface area contributed by atoms with Crippen molar-refractivity contribution >= 4 is 35.0 Å². The fourth-order valence-corrected chi connectivity index (χ4v) is 5.03. The minimum absolute atomic E-state index is 0.0242. The molecule has 202 valence electrons. The molecule has 40 heavy (non-hydrogen) atoms. The molecule has 0 fully saturated rings. The van der Waals surface area contributed by atoms with Gasteiger partial charge in [0.2, 0.25) is 5.91 Å². The van der Waals surface area contributed by atoms with Crippen LogP contribution < -0.4 is 20.1 Å². The van der Waals surface area contributed by atoms with Gasteiger partial charge in [0, 0.05) is 16.9 Å². The van der Waals surface area contributed by atoms with E-state index in [9.17, 15) is 14.9 Å². The van der Waals surface area contributed by atoms with Gasteiger partial charge in [-0.2, -0.15) is 5.26 Å². The zero-order valence-electron chi connectivity index (χ0n) is 22.6. The summed E-state index contributed by atoms with van der Waals surface area (Å²) >= 11 is 1.14. The van der Waals surface area contributed by atoms with Crippen molar-refractivity contribution in [1.29, 1.82) is 5.26 Å². The molecule has 0 aliphatic rings. The van der Waals surface area contributed by atoms with E-state index in [1.807, 2.05) is 49.4 Å². The largest absolute Gasteiger partial charge is 0.493 e. The second kappa shape index (κ2) is 12.8. The van der Waals surface area contributed by atoms with Crippen LogP contribution >= 0.6 is 11.8 Å². The van der Waals surface area contributed by atoms with Crippen molar-refractivity contribution in [3.05, 3.63) is 95.2 Å². The number of para-hydroxylation sites is 2. The number of nitriles is 1. The number of anilines is 2. The summed E-state index contributed by atoms with van der Waals surface area (Å²) in [7, 11) is 3.05. The molecule has 0 saturated heterocycles. The highest BCUT2D eigenvalue weighted by molar-refractivity contribution is 8.00. The minimum Gasteiger partial charge on any atom is -0.493 e. The van der Waals surface area contributed by atoms with Crippen molar-refractivity contribution in [3.63, 3.8) is 0 Å². The number of nitrogens with zero attached hydrogens (tertiary/aromatic N) is 2. The fourth-order valence-electron chi connectivity index (χ4n) is 4.19. The maximum absolute atomic E-state index is 13.6. The summed E-state index contributed by atoms with van der Waals surface area (Å²) in [5.41, 5.74) is 4.09. The first kappa shape index (κ1) is 28.2. The van der Waals surface area contributed by atoms with Gasteiger partial charge in [0.1, 0.15) is 11.1 Å². The number of nitrogens with one attached hydrogen (secondary N) is 2. The first-order valence-corrected chi connectivity index (χ1v) is 13.4. The topological polar surface area (TPSA) is 113 Å². The molecule has 2 amide bonds. The molecule has 1 heterocycles. The normalized spacial score (nSPS) is 10.4. The summed E-state index contributed by atoms with van der Waals surface area (Å²) in [6.45, 7) is 3.62. The Morgan fingerprint density at radius 3 is 2.30 bits per heavy atom. The number of carbonyl (C=O) groups excluding carboxylic acids is 2. The number of hydrogen-bond acceptors (Lipinski definition) is 7. The molecule has 8 nitrogen and oxygen atoms in total. The number of aryl methyl sites for hydroxylation is 2. The lowest BCUT2D eigenvalue weighted by Gasteiger charge is -2.18. The van der Waals surface area contributed by atoms with E-state index in [0.717, 1.165) is 23.0 Å². The maximum Gasteiger partial charge on any atom is 0.258 e. The number of rotatable bonds is 9. The first-order chi connectivity index (χ1) is 19.4. The molecule has 0 bridgehead atoms. The Morgan fingerprint density at radius 1 is 0.925 bits per heavy atom. The fraction of sp³-hybridized carbons (Fsp3) is 0.161. The van der Waals surface area contributed by atoms with Crippen LogP contribution in [0.3, 0.4) is 0 Å². The molecule has 4 aromatic rings. The van der Waals surface area contributed by atoms with Gasteiger partial charge in [0.05, 0.1) is 36.8 Å². The van der Waals surface area contributed by atoms with Crippen LogP contribution in [-0.4, -0.2) is 36.8 Å². The lowest BCUT2D eigenvalue weighted by molar-refractivity contribution is -0.113. The van der Waals surface area contributed by atoms with Crippen LogP contribution in [0.4, 0.5) is 11.4 Å². The number of benzene rings is 3. The van der Waals surface area contributed by atoms with Gasteiger partial charge in [-0.1, -0.05) is 54.2 Å². The Balaban J connectivity index is 1.77. The Bertz CT molecular complexity index is 1600. The summed E-state index contributed by atoms with van der Waals surface area (Å²) in [6, 6.07) is 24.0. The van der Waals surface area contributed by atoms with E-state index < -0.39 is 5.91 Å². The van der Waals surface area contributed by atoms with Gasteiger partial charge < -0.3 is 20.1 Å². The second-order valence-corrected chi connectivity index (χ2v) is 9.74. The van der Waals surface area contributed by atoms with Crippen LogP contribution in [0.5, 0.6) is 11.5 Å². The predicted molar refractivity (Wildman–Crippen MR) is 157 cm³/mol. The minimum atomic E-state index is -0.411. The Labute approximate surface area is 237 Å². The highest BCUT2D eigenvalue weighted by Gasteiger charge is 2.26. The van der Waals surface area contributed by atoms with Gasteiger partial charge >= 0.3 is 0 Å². The molecule has 0 saturated carbocycles. The number of amides is 2. The second-order valence-electron chi connectivity index (χ2n) is 8.78. The quantitative estimate of drug-likeness (QED) is 0.236. The van der Waals surface area contributed by atoms with Gasteiger partial charge in [0.25, 0.3) is 5.91 Å². The predicted octanol–water partition coefficient (Wildman–Crippen LogP) is 6.24. The van der Waals surface area contributed by atoms with Crippen molar-refractivity contribution in [1.82, 2.24) is 4.98 Å². The van der Waals surface area contributed by atoms with Crippen molar-refractivity contribution in [3.8, 4) is 28.7 Å². The highest BCUT2D eigenvalue weighted by Crippen LogP contribution is 2.39. The smallest absolute Gasteiger partial charge is 0.258 e. The van der Waals surface area contributed by atoms with Crippen LogP contribution in [0.15, 0.2) is 77.8 Å². The van der Waals surface area contributed by atoms with E-state index >= 15 is 0 Å². The summed E-state index contributed by atoms with van der Waals surface area (Å²) in [4.78, 5) is 31.0. The lowest BCUT2D eigenvalue weighted by Crippen LogP contribution is -2.18. The Hall–Kier alpha value is -4.81. The summed E-state index contributed by atoms with van der Waals surface area (Å²) in [5.74, 6) is 0.330. The standard InChI is InChI=1S/C31H28N4O4S/c1-19-10-8-9-13-24(19)35-27(36)18-40-31-23(17-32)29(21-14-15-25(38-3)26(16-21)39-4)28(20(2)33-31)30(37)34-22-11-6-5-7-12-22/h5-16H,18H2,1-4H3,(H,34,37)(H,35,36). The molecule has 2 N–H and O–H groups in total. The number of pyridine rings is 1. The number of aromatic nitrogens is 1. The maximum atomic E-state index is 13.6. The summed E-state index contributed by atoms with van der Waals surface area (Å²) in [6.07, 6.45) is 0. The number of hydrogen-bond donors (Lipinski definition) is 2. The first-order valence-electron chi connectivity index (χ1n) is 12.4. The van der Waals surface area contributed by atoms with Gasteiger partial charge in [-0.15, -0.1) is 0 Å². The zero-order valence-corrected chi connectivity index (χ0v) is 23.4. The van der Waals surface area contributed by atoms with Crippen LogP contribution in [0.2, 0.25) is 0 Å². The van der Waals surface area contributed by atoms with Gasteiger partial charge in [0.15, 0.2) is 11.5 Å². The zero-order chi connectivity index (χ0) is 28.6. The number of thioether (sulfide) groups is 1. The third-order valence-electron chi connectivity index (χ3n) is 6.15. The van der Waals surface area contributed by atoms with E-state index in [4.69, 9.17) is 9.47 Å². The van der Waals surface area contributed by atoms with Gasteiger partial charge in [-0.25, -0.2) is 4.98 Å². The molecular weight excluding hydrogens is 524 g/mol. The molecule has 0 radical (unpaired) electrons. The lowest BCUT2D eigenvalue weighted by atomic mass is 9.94. The molecule has 0 aliphatic heterocycles. The Morgan fingerprint density at radius 2 is 1.62 bits per heavy atom. The molecule has 0 spiro atoms. The summed E-state index contributed by atoms with van der Waals surface area (Å²) in [5, 5.41) is 16.5. The van der Waals surface area contributed by atoms with Crippen LogP contribution in [0, 0.1) is 25.2 Å². The average molecular weight is 553 g/mol. The van der Waals surface area contributed by atoms with E-state index in [1.54, 1.807) is 37.3 Å². The van der Waals surface area contributed by atoms with E-state index in [0.29, 0.717) is 39.0 Å². The van der Waals surface area contributed by atoms with E-state index in [2.05, 4.69) is 21.7 Å². The molecule has 0 atom stereocenters. The Kier molecular flexibility index (Phi) is 9.04. The van der Waals surface area contributed by atoms with Crippen molar-refractivity contribution in [2.45, 2.75) is 18.9 Å². The number of carbonyl (C=O) groups is 2. The third kappa shape index (κ3) is 6.25. The molecule has 3 aromatic carbocycles. The third-order valence-corrected chi connectivity index (χ3v) is 7.12. The SMILES string of the molecule is COc1ccc(-c2c(C#N)c(SCC(=O)Nc3ccccc3C)nc(C)c2C(=O)Nc2ccccc2)cc1OC. The summed E-state index contributed by atoms with van der Waals surface area (Å²) < 4.78 is 10.9.